The Morgan fingerprint density at radius 1 is 1.20 bits per heavy atom. The van der Waals surface area contributed by atoms with E-state index in [-0.39, 0.29) is 11.5 Å². The minimum atomic E-state index is -0.224. The van der Waals surface area contributed by atoms with Gasteiger partial charge in [0, 0.05) is 37.8 Å². The summed E-state index contributed by atoms with van der Waals surface area (Å²) in [6.07, 6.45) is 3.68. The molecule has 0 spiro atoms. The van der Waals surface area contributed by atoms with Crippen LogP contribution in [-0.2, 0) is 13.5 Å². The standard InChI is InChI=1S/C19H19N3O3/c1-13-3-5-14(6-4-13)19-21-16(12-25-19)9-10-20-18(24)15-7-8-17(23)22(2)11-15/h3-8,11-12H,9-10H2,1-2H3,(H,20,24). The molecular formula is C19H19N3O3. The van der Waals surface area contributed by atoms with Crippen LogP contribution in [0.2, 0.25) is 0 Å². The Morgan fingerprint density at radius 2 is 1.96 bits per heavy atom. The number of hydrogen-bond acceptors (Lipinski definition) is 4. The first-order chi connectivity index (χ1) is 12.0. The quantitative estimate of drug-likeness (QED) is 0.775. The van der Waals surface area contributed by atoms with Crippen LogP contribution in [0.1, 0.15) is 21.6 Å². The second-order valence-electron chi connectivity index (χ2n) is 5.88. The molecule has 0 aliphatic carbocycles. The van der Waals surface area contributed by atoms with Gasteiger partial charge in [-0.05, 0) is 25.1 Å². The Morgan fingerprint density at radius 3 is 2.68 bits per heavy atom. The average Bonchev–Trinajstić information content (AvgIpc) is 3.06. The fraction of sp³-hybridized carbons (Fsp3) is 0.211. The number of carbonyl (C=O) groups is 1. The van der Waals surface area contributed by atoms with Gasteiger partial charge in [-0.1, -0.05) is 17.7 Å². The molecule has 3 rings (SSSR count). The van der Waals surface area contributed by atoms with Crippen molar-refractivity contribution in [3.05, 3.63) is 76.0 Å². The van der Waals surface area contributed by atoms with E-state index in [4.69, 9.17) is 4.42 Å². The molecule has 0 aliphatic rings. The van der Waals surface area contributed by atoms with Gasteiger partial charge in [-0.15, -0.1) is 0 Å². The number of amides is 1. The van der Waals surface area contributed by atoms with Crippen LogP contribution >= 0.6 is 0 Å². The summed E-state index contributed by atoms with van der Waals surface area (Å²) < 4.78 is 6.88. The van der Waals surface area contributed by atoms with E-state index in [0.29, 0.717) is 24.4 Å². The lowest BCUT2D eigenvalue weighted by atomic mass is 10.1. The normalized spacial score (nSPS) is 10.6. The zero-order valence-corrected chi connectivity index (χ0v) is 14.2. The minimum absolute atomic E-state index is 0.150. The second kappa shape index (κ2) is 7.17. The Balaban J connectivity index is 1.57. The summed E-state index contributed by atoms with van der Waals surface area (Å²) in [5, 5.41) is 2.81. The molecule has 128 valence electrons. The topological polar surface area (TPSA) is 77.1 Å². The molecule has 0 radical (unpaired) electrons. The van der Waals surface area contributed by atoms with Crippen LogP contribution in [0.25, 0.3) is 11.5 Å². The number of aromatic nitrogens is 2. The van der Waals surface area contributed by atoms with Crippen molar-refractivity contribution < 1.29 is 9.21 Å². The molecule has 0 bridgehead atoms. The third kappa shape index (κ3) is 4.03. The van der Waals surface area contributed by atoms with E-state index in [1.807, 2.05) is 31.2 Å². The lowest BCUT2D eigenvalue weighted by molar-refractivity contribution is 0.0953. The predicted molar refractivity (Wildman–Crippen MR) is 94.4 cm³/mol. The first-order valence-corrected chi connectivity index (χ1v) is 7.99. The maximum Gasteiger partial charge on any atom is 0.252 e. The molecule has 0 fully saturated rings. The molecule has 2 heterocycles. The summed E-state index contributed by atoms with van der Waals surface area (Å²) >= 11 is 0. The Kier molecular flexibility index (Phi) is 4.79. The first-order valence-electron chi connectivity index (χ1n) is 7.99. The molecule has 25 heavy (non-hydrogen) atoms. The summed E-state index contributed by atoms with van der Waals surface area (Å²) in [5.41, 5.74) is 3.17. The lowest BCUT2D eigenvalue weighted by Gasteiger charge is -2.05. The van der Waals surface area contributed by atoms with Crippen molar-refractivity contribution in [2.24, 2.45) is 7.05 Å². The number of hydrogen-bond donors (Lipinski definition) is 1. The number of nitrogens with zero attached hydrogens (tertiary/aromatic N) is 2. The van der Waals surface area contributed by atoms with E-state index in [1.54, 1.807) is 13.3 Å². The fourth-order valence-electron chi connectivity index (χ4n) is 2.38. The molecule has 3 aromatic rings. The van der Waals surface area contributed by atoms with Crippen molar-refractivity contribution in [1.29, 1.82) is 0 Å². The third-order valence-corrected chi connectivity index (χ3v) is 3.86. The van der Waals surface area contributed by atoms with Gasteiger partial charge in [-0.25, -0.2) is 4.98 Å². The molecule has 0 saturated heterocycles. The number of pyridine rings is 1. The first kappa shape index (κ1) is 16.7. The van der Waals surface area contributed by atoms with Gasteiger partial charge < -0.3 is 14.3 Å². The SMILES string of the molecule is Cc1ccc(-c2nc(CCNC(=O)c3ccc(=O)n(C)c3)co2)cc1. The number of aryl methyl sites for hydroxylation is 2. The van der Waals surface area contributed by atoms with Crippen LogP contribution in [0.15, 0.2) is 58.1 Å². The van der Waals surface area contributed by atoms with E-state index in [9.17, 15) is 9.59 Å². The summed E-state index contributed by atoms with van der Waals surface area (Å²) in [6, 6.07) is 10.8. The zero-order valence-electron chi connectivity index (χ0n) is 14.2. The van der Waals surface area contributed by atoms with Crippen LogP contribution in [0.3, 0.4) is 0 Å². The van der Waals surface area contributed by atoms with Gasteiger partial charge in [0.15, 0.2) is 0 Å². The highest BCUT2D eigenvalue weighted by atomic mass is 16.3. The number of rotatable bonds is 5. The molecule has 1 aromatic carbocycles. The second-order valence-corrected chi connectivity index (χ2v) is 5.88. The van der Waals surface area contributed by atoms with Crippen molar-refractivity contribution in [3.63, 3.8) is 0 Å². The van der Waals surface area contributed by atoms with Crippen molar-refractivity contribution in [2.75, 3.05) is 6.54 Å². The largest absolute Gasteiger partial charge is 0.444 e. The van der Waals surface area contributed by atoms with Crippen molar-refractivity contribution in [2.45, 2.75) is 13.3 Å². The number of carbonyl (C=O) groups excluding carboxylic acids is 1. The molecule has 1 amide bonds. The van der Waals surface area contributed by atoms with Crippen LogP contribution in [0.5, 0.6) is 0 Å². The van der Waals surface area contributed by atoms with E-state index >= 15 is 0 Å². The summed E-state index contributed by atoms with van der Waals surface area (Å²) in [5.74, 6) is 0.345. The lowest BCUT2D eigenvalue weighted by Crippen LogP contribution is -2.27. The van der Waals surface area contributed by atoms with Crippen LogP contribution in [0, 0.1) is 6.92 Å². The van der Waals surface area contributed by atoms with Gasteiger partial charge in [0.1, 0.15) is 6.26 Å². The highest BCUT2D eigenvalue weighted by Gasteiger charge is 2.09. The molecule has 6 heteroatoms. The maximum atomic E-state index is 12.1. The van der Waals surface area contributed by atoms with Crippen molar-refractivity contribution >= 4 is 5.91 Å². The molecule has 0 atom stereocenters. The fourth-order valence-corrected chi connectivity index (χ4v) is 2.38. The molecule has 0 unspecified atom stereocenters. The summed E-state index contributed by atoms with van der Waals surface area (Å²) in [4.78, 5) is 27.9. The minimum Gasteiger partial charge on any atom is -0.444 e. The van der Waals surface area contributed by atoms with Gasteiger partial charge in [-0.2, -0.15) is 0 Å². The molecule has 0 saturated carbocycles. The van der Waals surface area contributed by atoms with E-state index in [2.05, 4.69) is 10.3 Å². The average molecular weight is 337 g/mol. The Labute approximate surface area is 145 Å². The smallest absolute Gasteiger partial charge is 0.252 e. The summed E-state index contributed by atoms with van der Waals surface area (Å²) in [7, 11) is 1.61. The van der Waals surface area contributed by atoms with Crippen molar-refractivity contribution in [1.82, 2.24) is 14.9 Å². The monoisotopic (exact) mass is 337 g/mol. The highest BCUT2D eigenvalue weighted by Crippen LogP contribution is 2.19. The van der Waals surface area contributed by atoms with Gasteiger partial charge in [0.25, 0.3) is 5.91 Å². The predicted octanol–water partition coefficient (Wildman–Crippen LogP) is 2.32. The molecule has 6 nitrogen and oxygen atoms in total. The van der Waals surface area contributed by atoms with Crippen molar-refractivity contribution in [3.8, 4) is 11.5 Å². The number of nitrogens with one attached hydrogen (secondary N) is 1. The molecule has 0 aliphatic heterocycles. The van der Waals surface area contributed by atoms with Gasteiger partial charge in [0.2, 0.25) is 11.4 Å². The van der Waals surface area contributed by atoms with Gasteiger partial charge in [-0.3, -0.25) is 9.59 Å². The Hall–Kier alpha value is -3.15. The van der Waals surface area contributed by atoms with Gasteiger partial charge >= 0.3 is 0 Å². The highest BCUT2D eigenvalue weighted by molar-refractivity contribution is 5.93. The molecule has 2 aromatic heterocycles. The zero-order chi connectivity index (χ0) is 17.8. The van der Waals surface area contributed by atoms with E-state index in [1.165, 1.54) is 28.5 Å². The molecule has 1 N–H and O–H groups in total. The Bertz CT molecular complexity index is 939. The third-order valence-electron chi connectivity index (χ3n) is 3.86. The van der Waals surface area contributed by atoms with Crippen LogP contribution in [-0.4, -0.2) is 22.0 Å². The van der Waals surface area contributed by atoms with Crippen LogP contribution < -0.4 is 10.9 Å². The van der Waals surface area contributed by atoms with E-state index < -0.39 is 0 Å². The number of benzene rings is 1. The molecular weight excluding hydrogens is 318 g/mol. The van der Waals surface area contributed by atoms with Gasteiger partial charge in [0.05, 0.1) is 11.3 Å². The summed E-state index contributed by atoms with van der Waals surface area (Å²) in [6.45, 7) is 2.46. The maximum absolute atomic E-state index is 12.1. The van der Waals surface area contributed by atoms with Crippen LogP contribution in [0.4, 0.5) is 0 Å². The number of oxazole rings is 1. The van der Waals surface area contributed by atoms with E-state index in [0.717, 1.165) is 11.3 Å².